The Morgan fingerprint density at radius 2 is 1.00 bits per heavy atom. The smallest absolute Gasteiger partial charge is 0.303 e. The van der Waals surface area contributed by atoms with E-state index in [1.165, 1.54) is 12.8 Å². The van der Waals surface area contributed by atoms with Gasteiger partial charge >= 0.3 is 11.9 Å². The van der Waals surface area contributed by atoms with Crippen molar-refractivity contribution in [1.29, 1.82) is 0 Å². The van der Waals surface area contributed by atoms with Crippen molar-refractivity contribution < 1.29 is 29.6 Å². The number of ether oxygens (including phenoxy) is 1. The zero-order chi connectivity index (χ0) is 21.6. The highest BCUT2D eigenvalue weighted by molar-refractivity contribution is 5.66. The highest BCUT2D eigenvalue weighted by atomic mass is 16.5. The molecule has 0 aromatic rings. The molecule has 0 saturated heterocycles. The second-order valence-electron chi connectivity index (χ2n) is 8.03. The van der Waals surface area contributed by atoms with Crippen molar-refractivity contribution in [2.75, 3.05) is 13.2 Å². The molecule has 0 amide bonds. The molecule has 0 radical (unpaired) electrons. The van der Waals surface area contributed by atoms with E-state index in [1.54, 1.807) is 0 Å². The van der Waals surface area contributed by atoms with Crippen LogP contribution in [0.25, 0.3) is 0 Å². The van der Waals surface area contributed by atoms with Crippen LogP contribution >= 0.6 is 0 Å². The SMILES string of the molecule is O=C(O)CCCCCCCCC(CCCCCCCCC(=O)O)OCCCCO. The predicted molar refractivity (Wildman–Crippen MR) is 115 cm³/mol. The topological polar surface area (TPSA) is 104 Å². The third-order valence-electron chi connectivity index (χ3n) is 5.24. The molecule has 0 rings (SSSR count). The molecule has 0 atom stereocenters. The van der Waals surface area contributed by atoms with Gasteiger partial charge in [0.25, 0.3) is 0 Å². The van der Waals surface area contributed by atoms with E-state index in [1.807, 2.05) is 0 Å². The standard InChI is InChI=1S/C23H44O6/c24-19-13-14-20-29-21(15-9-5-1-3-7-11-17-22(25)26)16-10-6-2-4-8-12-18-23(27)28/h21,24H,1-20H2,(H,25,26)(H,27,28). The van der Waals surface area contributed by atoms with Gasteiger partial charge in [0.1, 0.15) is 0 Å². The molecule has 29 heavy (non-hydrogen) atoms. The van der Waals surface area contributed by atoms with Gasteiger partial charge in [-0.1, -0.05) is 64.2 Å². The number of unbranched alkanes of at least 4 members (excludes halogenated alkanes) is 11. The zero-order valence-corrected chi connectivity index (χ0v) is 18.3. The average molecular weight is 417 g/mol. The molecule has 0 aliphatic rings. The summed E-state index contributed by atoms with van der Waals surface area (Å²) in [6.07, 6.45) is 17.5. The second kappa shape index (κ2) is 21.6. The van der Waals surface area contributed by atoms with Crippen molar-refractivity contribution >= 4 is 11.9 Å². The lowest BCUT2D eigenvalue weighted by molar-refractivity contribution is -0.138. The van der Waals surface area contributed by atoms with Crippen LogP contribution in [0, 0.1) is 0 Å². The van der Waals surface area contributed by atoms with E-state index in [-0.39, 0.29) is 19.4 Å². The van der Waals surface area contributed by atoms with Gasteiger partial charge in [-0.2, -0.15) is 0 Å². The Balaban J connectivity index is 3.77. The van der Waals surface area contributed by atoms with Crippen LogP contribution in [0.3, 0.4) is 0 Å². The number of aliphatic carboxylic acids is 2. The first-order valence-electron chi connectivity index (χ1n) is 11.7. The number of rotatable bonds is 23. The van der Waals surface area contributed by atoms with E-state index in [0.717, 1.165) is 96.5 Å². The van der Waals surface area contributed by atoms with Gasteiger partial charge in [0.15, 0.2) is 0 Å². The molecule has 6 heteroatoms. The van der Waals surface area contributed by atoms with E-state index in [2.05, 4.69) is 0 Å². The molecule has 0 saturated carbocycles. The minimum absolute atomic E-state index is 0.220. The van der Waals surface area contributed by atoms with Gasteiger partial charge in [0.2, 0.25) is 0 Å². The molecule has 0 fully saturated rings. The van der Waals surface area contributed by atoms with Crippen LogP contribution in [-0.2, 0) is 14.3 Å². The highest BCUT2D eigenvalue weighted by Gasteiger charge is 2.09. The molecule has 0 aromatic heterocycles. The summed E-state index contributed by atoms with van der Waals surface area (Å²) in [6.45, 7) is 0.938. The number of carboxylic acid groups (broad SMARTS) is 2. The Labute approximate surface area is 177 Å². The van der Waals surface area contributed by atoms with Gasteiger partial charge in [-0.25, -0.2) is 0 Å². The third kappa shape index (κ3) is 23.0. The van der Waals surface area contributed by atoms with Crippen molar-refractivity contribution in [2.45, 2.75) is 122 Å². The fourth-order valence-electron chi connectivity index (χ4n) is 3.49. The molecule has 172 valence electrons. The largest absolute Gasteiger partial charge is 0.481 e. The number of carboxylic acids is 2. The molecular weight excluding hydrogens is 372 g/mol. The second-order valence-corrected chi connectivity index (χ2v) is 8.03. The van der Waals surface area contributed by atoms with Crippen LogP contribution < -0.4 is 0 Å². The maximum absolute atomic E-state index is 10.5. The Kier molecular flexibility index (Phi) is 20.7. The molecule has 0 aliphatic carbocycles. The van der Waals surface area contributed by atoms with Crippen molar-refractivity contribution in [2.24, 2.45) is 0 Å². The van der Waals surface area contributed by atoms with Crippen LogP contribution in [0.5, 0.6) is 0 Å². The van der Waals surface area contributed by atoms with E-state index < -0.39 is 11.9 Å². The summed E-state index contributed by atoms with van der Waals surface area (Å²) in [4.78, 5) is 21.0. The highest BCUT2D eigenvalue weighted by Crippen LogP contribution is 2.17. The molecule has 3 N–H and O–H groups in total. The Morgan fingerprint density at radius 1 is 0.586 bits per heavy atom. The quantitative estimate of drug-likeness (QED) is 0.189. The number of aliphatic hydroxyl groups is 1. The van der Waals surface area contributed by atoms with Crippen LogP contribution in [-0.4, -0.2) is 46.6 Å². The van der Waals surface area contributed by atoms with Gasteiger partial charge in [-0.15, -0.1) is 0 Å². The van der Waals surface area contributed by atoms with Crippen molar-refractivity contribution in [3.05, 3.63) is 0 Å². The van der Waals surface area contributed by atoms with E-state index >= 15 is 0 Å². The van der Waals surface area contributed by atoms with Gasteiger partial charge in [0, 0.05) is 26.1 Å². The van der Waals surface area contributed by atoms with Crippen LogP contribution in [0.4, 0.5) is 0 Å². The zero-order valence-electron chi connectivity index (χ0n) is 18.3. The minimum Gasteiger partial charge on any atom is -0.481 e. The summed E-state index contributed by atoms with van der Waals surface area (Å²) in [5.74, 6) is -1.40. The molecular formula is C23H44O6. The minimum atomic E-state index is -0.702. The molecule has 0 bridgehead atoms. The monoisotopic (exact) mass is 416 g/mol. The van der Waals surface area contributed by atoms with Gasteiger partial charge in [-0.05, 0) is 38.5 Å². The third-order valence-corrected chi connectivity index (χ3v) is 5.24. The summed E-state index contributed by atoms with van der Waals surface area (Å²) < 4.78 is 6.05. The average Bonchev–Trinajstić information content (AvgIpc) is 2.68. The van der Waals surface area contributed by atoms with Crippen LogP contribution in [0.15, 0.2) is 0 Å². The Morgan fingerprint density at radius 3 is 1.41 bits per heavy atom. The number of carbonyl (C=O) groups is 2. The van der Waals surface area contributed by atoms with Crippen molar-refractivity contribution in [3.63, 3.8) is 0 Å². The summed E-state index contributed by atoms with van der Waals surface area (Å²) in [5.41, 5.74) is 0. The number of hydrogen-bond acceptors (Lipinski definition) is 4. The van der Waals surface area contributed by atoms with Crippen LogP contribution in [0.1, 0.15) is 116 Å². The lowest BCUT2D eigenvalue weighted by atomic mass is 10.0. The maximum atomic E-state index is 10.5. The Hall–Kier alpha value is -1.14. The molecule has 0 spiro atoms. The van der Waals surface area contributed by atoms with E-state index in [4.69, 9.17) is 20.1 Å². The lowest BCUT2D eigenvalue weighted by Gasteiger charge is -2.18. The Bertz CT molecular complexity index is 356. The first kappa shape index (κ1) is 27.9. The van der Waals surface area contributed by atoms with E-state index in [9.17, 15) is 9.59 Å². The summed E-state index contributed by atoms with van der Waals surface area (Å²) in [5, 5.41) is 26.2. The fraction of sp³-hybridized carbons (Fsp3) is 0.913. The normalized spacial score (nSPS) is 11.2. The summed E-state index contributed by atoms with van der Waals surface area (Å²) >= 11 is 0. The first-order valence-corrected chi connectivity index (χ1v) is 11.7. The van der Waals surface area contributed by atoms with Crippen molar-refractivity contribution in [1.82, 2.24) is 0 Å². The molecule has 0 aromatic carbocycles. The fourth-order valence-corrected chi connectivity index (χ4v) is 3.49. The van der Waals surface area contributed by atoms with Crippen molar-refractivity contribution in [3.8, 4) is 0 Å². The van der Waals surface area contributed by atoms with Gasteiger partial charge in [-0.3, -0.25) is 9.59 Å². The molecule has 0 aliphatic heterocycles. The van der Waals surface area contributed by atoms with Gasteiger partial charge < -0.3 is 20.1 Å². The predicted octanol–water partition coefficient (Wildman–Crippen LogP) is 5.55. The number of hydrogen-bond donors (Lipinski definition) is 3. The molecule has 0 unspecified atom stereocenters. The molecule has 0 heterocycles. The lowest BCUT2D eigenvalue weighted by Crippen LogP contribution is -2.14. The van der Waals surface area contributed by atoms with E-state index in [0.29, 0.717) is 6.10 Å². The van der Waals surface area contributed by atoms with Gasteiger partial charge in [0.05, 0.1) is 6.10 Å². The molecule has 6 nitrogen and oxygen atoms in total. The first-order chi connectivity index (χ1) is 14.1. The van der Waals surface area contributed by atoms with Crippen LogP contribution in [0.2, 0.25) is 0 Å². The maximum Gasteiger partial charge on any atom is 0.303 e. The summed E-state index contributed by atoms with van der Waals surface area (Å²) in [6, 6.07) is 0. The summed E-state index contributed by atoms with van der Waals surface area (Å²) in [7, 11) is 0. The number of aliphatic hydroxyl groups excluding tert-OH is 1.